The van der Waals surface area contributed by atoms with Crippen molar-refractivity contribution in [2.75, 3.05) is 11.9 Å². The minimum absolute atomic E-state index is 0.479. The first kappa shape index (κ1) is 12.3. The largest absolute Gasteiger partial charge is 0.480 e. The van der Waals surface area contributed by atoms with Crippen molar-refractivity contribution in [1.29, 1.82) is 0 Å². The highest BCUT2D eigenvalue weighted by Crippen LogP contribution is 2.22. The van der Waals surface area contributed by atoms with E-state index in [4.69, 9.17) is 10.2 Å². The van der Waals surface area contributed by atoms with Crippen LogP contribution in [0.1, 0.15) is 5.69 Å². The molecule has 0 saturated heterocycles. The van der Waals surface area contributed by atoms with Crippen LogP contribution in [0.25, 0.3) is 10.8 Å². The third-order valence-electron chi connectivity index (χ3n) is 2.66. The Labute approximate surface area is 104 Å². The van der Waals surface area contributed by atoms with Crippen molar-refractivity contribution in [2.24, 2.45) is 0 Å². The van der Waals surface area contributed by atoms with Crippen LogP contribution in [-0.4, -0.2) is 33.8 Å². The van der Waals surface area contributed by atoms with Gasteiger partial charge in [0.1, 0.15) is 11.9 Å². The molecular formula is C13H14N2O3. The molecule has 5 heteroatoms. The first-order valence-electron chi connectivity index (χ1n) is 5.58. The number of hydrogen-bond acceptors (Lipinski definition) is 4. The monoisotopic (exact) mass is 246 g/mol. The Morgan fingerprint density at radius 1 is 1.44 bits per heavy atom. The standard InChI is InChI=1S/C13H14N2O3/c1-8-6-9-4-2-3-5-10(9)12(14-8)15-11(7-16)13(17)18/h2-6,11,16H,7H2,1H3,(H,14,15)(H,17,18). The van der Waals surface area contributed by atoms with Crippen LogP contribution in [0.5, 0.6) is 0 Å². The highest BCUT2D eigenvalue weighted by molar-refractivity contribution is 5.93. The van der Waals surface area contributed by atoms with Crippen LogP contribution >= 0.6 is 0 Å². The number of hydrogen-bond donors (Lipinski definition) is 3. The Hall–Kier alpha value is -2.14. The molecule has 1 atom stereocenters. The van der Waals surface area contributed by atoms with Crippen molar-refractivity contribution in [3.05, 3.63) is 36.0 Å². The summed E-state index contributed by atoms with van der Waals surface area (Å²) < 4.78 is 0. The topological polar surface area (TPSA) is 82.5 Å². The molecule has 1 aromatic heterocycles. The summed E-state index contributed by atoms with van der Waals surface area (Å²) in [7, 11) is 0. The summed E-state index contributed by atoms with van der Waals surface area (Å²) in [6.07, 6.45) is 0. The molecule has 5 nitrogen and oxygen atoms in total. The number of aliphatic carboxylic acids is 1. The second-order valence-corrected chi connectivity index (χ2v) is 4.05. The summed E-state index contributed by atoms with van der Waals surface area (Å²) in [5, 5.41) is 22.5. The predicted molar refractivity (Wildman–Crippen MR) is 68.6 cm³/mol. The molecule has 1 heterocycles. The van der Waals surface area contributed by atoms with Crippen LogP contribution in [0.3, 0.4) is 0 Å². The molecule has 0 spiro atoms. The number of benzene rings is 1. The van der Waals surface area contributed by atoms with Crippen LogP contribution in [0, 0.1) is 6.92 Å². The smallest absolute Gasteiger partial charge is 0.328 e. The molecule has 0 radical (unpaired) electrons. The van der Waals surface area contributed by atoms with Gasteiger partial charge >= 0.3 is 5.97 Å². The van der Waals surface area contributed by atoms with Gasteiger partial charge in [-0.1, -0.05) is 24.3 Å². The third-order valence-corrected chi connectivity index (χ3v) is 2.66. The number of carboxylic acids is 1. The minimum Gasteiger partial charge on any atom is -0.480 e. The molecule has 0 aliphatic carbocycles. The molecule has 3 N–H and O–H groups in total. The zero-order chi connectivity index (χ0) is 13.1. The zero-order valence-corrected chi connectivity index (χ0v) is 9.92. The molecule has 0 aliphatic heterocycles. The Morgan fingerprint density at radius 2 is 2.17 bits per heavy atom. The third kappa shape index (κ3) is 2.41. The second-order valence-electron chi connectivity index (χ2n) is 4.05. The van der Waals surface area contributed by atoms with E-state index in [1.165, 1.54) is 0 Å². The lowest BCUT2D eigenvalue weighted by molar-refractivity contribution is -0.138. The Bertz CT molecular complexity index is 583. The number of anilines is 1. The van der Waals surface area contributed by atoms with Crippen LogP contribution in [0.4, 0.5) is 5.82 Å². The van der Waals surface area contributed by atoms with E-state index in [9.17, 15) is 4.79 Å². The fourth-order valence-electron chi connectivity index (χ4n) is 1.79. The highest BCUT2D eigenvalue weighted by atomic mass is 16.4. The summed E-state index contributed by atoms with van der Waals surface area (Å²) >= 11 is 0. The molecule has 2 rings (SSSR count). The highest BCUT2D eigenvalue weighted by Gasteiger charge is 2.17. The van der Waals surface area contributed by atoms with E-state index in [2.05, 4.69) is 10.3 Å². The molecule has 0 amide bonds. The minimum atomic E-state index is -1.11. The maximum absolute atomic E-state index is 10.9. The Kier molecular flexibility index (Phi) is 3.43. The van der Waals surface area contributed by atoms with Gasteiger partial charge in [-0.25, -0.2) is 9.78 Å². The lowest BCUT2D eigenvalue weighted by Gasteiger charge is -2.14. The quantitative estimate of drug-likeness (QED) is 0.759. The van der Waals surface area contributed by atoms with Gasteiger partial charge in [-0.15, -0.1) is 0 Å². The number of rotatable bonds is 4. The number of aliphatic hydroxyl groups excluding tert-OH is 1. The average molecular weight is 246 g/mol. The van der Waals surface area contributed by atoms with Crippen molar-refractivity contribution in [2.45, 2.75) is 13.0 Å². The van der Waals surface area contributed by atoms with E-state index in [0.29, 0.717) is 5.82 Å². The molecule has 0 aliphatic rings. The molecule has 1 unspecified atom stereocenters. The molecule has 0 bridgehead atoms. The second kappa shape index (κ2) is 5.01. The van der Waals surface area contributed by atoms with Crippen molar-refractivity contribution in [3.63, 3.8) is 0 Å². The molecular weight excluding hydrogens is 232 g/mol. The number of pyridine rings is 1. The normalized spacial score (nSPS) is 12.3. The summed E-state index contributed by atoms with van der Waals surface area (Å²) in [6, 6.07) is 8.44. The van der Waals surface area contributed by atoms with Crippen LogP contribution in [0.2, 0.25) is 0 Å². The number of aryl methyl sites for hydroxylation is 1. The zero-order valence-electron chi connectivity index (χ0n) is 9.92. The number of aliphatic hydroxyl groups is 1. The molecule has 0 fully saturated rings. The van der Waals surface area contributed by atoms with Crippen molar-refractivity contribution in [1.82, 2.24) is 4.98 Å². The summed E-state index contributed by atoms with van der Waals surface area (Å²) in [5.74, 6) is -0.628. The number of aromatic nitrogens is 1. The lowest BCUT2D eigenvalue weighted by Crippen LogP contribution is -2.33. The number of nitrogens with one attached hydrogen (secondary N) is 1. The maximum atomic E-state index is 10.9. The van der Waals surface area contributed by atoms with Gasteiger partial charge in [-0.05, 0) is 18.4 Å². The van der Waals surface area contributed by atoms with E-state index >= 15 is 0 Å². The lowest BCUT2D eigenvalue weighted by atomic mass is 10.1. The molecule has 1 aromatic carbocycles. The Morgan fingerprint density at radius 3 is 2.83 bits per heavy atom. The number of carbonyl (C=O) groups is 1. The predicted octanol–water partition coefficient (Wildman–Crippen LogP) is 1.40. The maximum Gasteiger partial charge on any atom is 0.328 e. The summed E-state index contributed by atoms with van der Waals surface area (Å²) in [5.41, 5.74) is 0.790. The van der Waals surface area contributed by atoms with Crippen molar-refractivity contribution in [3.8, 4) is 0 Å². The van der Waals surface area contributed by atoms with Crippen molar-refractivity contribution >= 4 is 22.6 Å². The molecule has 2 aromatic rings. The summed E-state index contributed by atoms with van der Waals surface area (Å²) in [4.78, 5) is 15.2. The van der Waals surface area contributed by atoms with Crippen LogP contribution in [0.15, 0.2) is 30.3 Å². The average Bonchev–Trinajstić information content (AvgIpc) is 2.35. The van der Waals surface area contributed by atoms with Crippen LogP contribution in [-0.2, 0) is 4.79 Å². The van der Waals surface area contributed by atoms with E-state index in [1.807, 2.05) is 37.3 Å². The molecule has 0 saturated carbocycles. The first-order valence-corrected chi connectivity index (χ1v) is 5.58. The number of carboxylic acid groups (broad SMARTS) is 1. The van der Waals surface area contributed by atoms with Gasteiger partial charge in [0, 0.05) is 11.1 Å². The van der Waals surface area contributed by atoms with Gasteiger partial charge in [-0.3, -0.25) is 0 Å². The van der Waals surface area contributed by atoms with Gasteiger partial charge in [0.2, 0.25) is 0 Å². The Balaban J connectivity index is 2.46. The number of nitrogens with zero attached hydrogens (tertiary/aromatic N) is 1. The van der Waals surface area contributed by atoms with E-state index in [0.717, 1.165) is 16.5 Å². The summed E-state index contributed by atoms with van der Waals surface area (Å²) in [6.45, 7) is 1.35. The fraction of sp³-hybridized carbons (Fsp3) is 0.231. The van der Waals surface area contributed by atoms with Gasteiger partial charge in [-0.2, -0.15) is 0 Å². The van der Waals surface area contributed by atoms with Crippen LogP contribution < -0.4 is 5.32 Å². The van der Waals surface area contributed by atoms with E-state index < -0.39 is 18.6 Å². The fourth-order valence-corrected chi connectivity index (χ4v) is 1.79. The SMILES string of the molecule is Cc1cc2ccccc2c(NC(CO)C(=O)O)n1. The first-order chi connectivity index (χ1) is 8.61. The van der Waals surface area contributed by atoms with Gasteiger partial charge in [0.25, 0.3) is 0 Å². The van der Waals surface area contributed by atoms with Gasteiger partial charge in [0.05, 0.1) is 6.61 Å². The number of fused-ring (bicyclic) bond motifs is 1. The van der Waals surface area contributed by atoms with Gasteiger partial charge in [0.15, 0.2) is 0 Å². The van der Waals surface area contributed by atoms with Gasteiger partial charge < -0.3 is 15.5 Å². The van der Waals surface area contributed by atoms with E-state index in [1.54, 1.807) is 0 Å². The molecule has 18 heavy (non-hydrogen) atoms. The van der Waals surface area contributed by atoms with Crippen molar-refractivity contribution < 1.29 is 15.0 Å². The molecule has 94 valence electrons. The van der Waals surface area contributed by atoms with E-state index in [-0.39, 0.29) is 0 Å².